The SMILES string of the molecule is CCN(C(=O)c1ccc(C(C)(C)C)cc1)C(C)c1nc2ccccc2c(=O)n1CC. The number of benzene rings is 2. The van der Waals surface area contributed by atoms with E-state index >= 15 is 0 Å². The smallest absolute Gasteiger partial charge is 0.261 e. The first-order chi connectivity index (χ1) is 14.2. The number of carbonyl (C=O) groups is 1. The summed E-state index contributed by atoms with van der Waals surface area (Å²) in [5.74, 6) is 0.554. The summed E-state index contributed by atoms with van der Waals surface area (Å²) in [7, 11) is 0. The average Bonchev–Trinajstić information content (AvgIpc) is 2.73. The first kappa shape index (κ1) is 21.8. The summed E-state index contributed by atoms with van der Waals surface area (Å²) < 4.78 is 1.67. The van der Waals surface area contributed by atoms with Gasteiger partial charge in [-0.2, -0.15) is 0 Å². The third-order valence-electron chi connectivity index (χ3n) is 5.65. The van der Waals surface area contributed by atoms with Gasteiger partial charge in [-0.3, -0.25) is 14.2 Å². The van der Waals surface area contributed by atoms with E-state index in [1.165, 1.54) is 5.56 Å². The van der Waals surface area contributed by atoms with Crippen molar-refractivity contribution in [3.05, 3.63) is 75.8 Å². The van der Waals surface area contributed by atoms with Gasteiger partial charge in [-0.15, -0.1) is 0 Å². The van der Waals surface area contributed by atoms with E-state index in [4.69, 9.17) is 4.98 Å². The third kappa shape index (κ3) is 4.02. The van der Waals surface area contributed by atoms with Gasteiger partial charge in [0, 0.05) is 18.7 Å². The van der Waals surface area contributed by atoms with Crippen molar-refractivity contribution < 1.29 is 4.79 Å². The summed E-state index contributed by atoms with van der Waals surface area (Å²) in [4.78, 5) is 32.8. The number of amides is 1. The first-order valence-electron chi connectivity index (χ1n) is 10.6. The van der Waals surface area contributed by atoms with Crippen molar-refractivity contribution in [1.29, 1.82) is 0 Å². The van der Waals surface area contributed by atoms with E-state index < -0.39 is 0 Å². The fourth-order valence-electron chi connectivity index (χ4n) is 3.82. The molecule has 0 spiro atoms. The van der Waals surface area contributed by atoms with Crippen LogP contribution in [0.2, 0.25) is 0 Å². The van der Waals surface area contributed by atoms with Gasteiger partial charge in [0.2, 0.25) is 0 Å². The zero-order chi connectivity index (χ0) is 22.1. The fourth-order valence-corrected chi connectivity index (χ4v) is 3.82. The molecule has 5 heteroatoms. The Morgan fingerprint density at radius 1 is 1.07 bits per heavy atom. The molecule has 0 saturated carbocycles. The number of hydrogen-bond acceptors (Lipinski definition) is 3. The number of carbonyl (C=O) groups excluding carboxylic acids is 1. The van der Waals surface area contributed by atoms with Gasteiger partial charge < -0.3 is 4.90 Å². The summed E-state index contributed by atoms with van der Waals surface area (Å²) >= 11 is 0. The van der Waals surface area contributed by atoms with Crippen molar-refractivity contribution in [3.8, 4) is 0 Å². The van der Waals surface area contributed by atoms with Gasteiger partial charge in [0.25, 0.3) is 11.5 Å². The van der Waals surface area contributed by atoms with Crippen LogP contribution in [0.3, 0.4) is 0 Å². The highest BCUT2D eigenvalue weighted by Gasteiger charge is 2.26. The molecule has 0 aliphatic rings. The maximum Gasteiger partial charge on any atom is 0.261 e. The van der Waals surface area contributed by atoms with E-state index in [0.717, 1.165) is 0 Å². The molecule has 1 heterocycles. The van der Waals surface area contributed by atoms with E-state index in [1.54, 1.807) is 15.5 Å². The Kier molecular flexibility index (Phi) is 6.11. The van der Waals surface area contributed by atoms with Crippen LogP contribution in [0.4, 0.5) is 0 Å². The van der Waals surface area contributed by atoms with E-state index in [1.807, 2.05) is 63.2 Å². The minimum absolute atomic E-state index is 0.0333. The minimum atomic E-state index is -0.331. The monoisotopic (exact) mass is 405 g/mol. The Balaban J connectivity index is 2.01. The summed E-state index contributed by atoms with van der Waals surface area (Å²) in [6.07, 6.45) is 0. The quantitative estimate of drug-likeness (QED) is 0.604. The predicted molar refractivity (Wildman–Crippen MR) is 122 cm³/mol. The number of hydrogen-bond donors (Lipinski definition) is 0. The molecule has 0 aliphatic carbocycles. The molecule has 3 aromatic rings. The molecule has 5 nitrogen and oxygen atoms in total. The Hall–Kier alpha value is -2.95. The van der Waals surface area contributed by atoms with Crippen LogP contribution in [0.5, 0.6) is 0 Å². The third-order valence-corrected chi connectivity index (χ3v) is 5.65. The molecule has 1 aromatic heterocycles. The molecular formula is C25H31N3O2. The molecule has 0 N–H and O–H groups in total. The predicted octanol–water partition coefficient (Wildman–Crippen LogP) is 4.94. The zero-order valence-electron chi connectivity index (χ0n) is 18.8. The van der Waals surface area contributed by atoms with Gasteiger partial charge in [0.05, 0.1) is 16.9 Å². The molecule has 0 bridgehead atoms. The summed E-state index contributed by atoms with van der Waals surface area (Å²) in [6.45, 7) is 13.3. The van der Waals surface area contributed by atoms with Gasteiger partial charge in [-0.25, -0.2) is 4.98 Å². The minimum Gasteiger partial charge on any atom is -0.329 e. The van der Waals surface area contributed by atoms with Gasteiger partial charge in [-0.05, 0) is 56.0 Å². The van der Waals surface area contributed by atoms with Gasteiger partial charge in [0.15, 0.2) is 0 Å². The molecule has 1 atom stereocenters. The number of para-hydroxylation sites is 1. The van der Waals surface area contributed by atoms with Crippen molar-refractivity contribution in [1.82, 2.24) is 14.5 Å². The lowest BCUT2D eigenvalue weighted by Crippen LogP contribution is -2.37. The fraction of sp³-hybridized carbons (Fsp3) is 0.400. The molecule has 30 heavy (non-hydrogen) atoms. The van der Waals surface area contributed by atoms with Crippen LogP contribution in [0, 0.1) is 0 Å². The molecule has 158 valence electrons. The number of aromatic nitrogens is 2. The lowest BCUT2D eigenvalue weighted by molar-refractivity contribution is 0.0691. The summed E-state index contributed by atoms with van der Waals surface area (Å²) in [5, 5.41) is 0.599. The molecule has 3 rings (SSSR count). The first-order valence-corrected chi connectivity index (χ1v) is 10.6. The van der Waals surface area contributed by atoms with E-state index in [9.17, 15) is 9.59 Å². The molecule has 0 saturated heterocycles. The molecule has 2 aromatic carbocycles. The maximum atomic E-state index is 13.3. The molecule has 0 fully saturated rings. The Morgan fingerprint density at radius 3 is 2.27 bits per heavy atom. The second kappa shape index (κ2) is 8.42. The van der Waals surface area contributed by atoms with Crippen LogP contribution in [0.15, 0.2) is 53.3 Å². The number of fused-ring (bicyclic) bond motifs is 1. The van der Waals surface area contributed by atoms with Crippen LogP contribution in [-0.4, -0.2) is 26.9 Å². The van der Waals surface area contributed by atoms with Crippen molar-refractivity contribution in [3.63, 3.8) is 0 Å². The van der Waals surface area contributed by atoms with Crippen LogP contribution in [0.1, 0.15) is 69.3 Å². The maximum absolute atomic E-state index is 13.3. The van der Waals surface area contributed by atoms with Crippen molar-refractivity contribution in [2.45, 2.75) is 59.5 Å². The highest BCUT2D eigenvalue weighted by Crippen LogP contribution is 2.25. The van der Waals surface area contributed by atoms with E-state index in [-0.39, 0.29) is 22.9 Å². The van der Waals surface area contributed by atoms with Crippen molar-refractivity contribution in [2.75, 3.05) is 6.54 Å². The lowest BCUT2D eigenvalue weighted by atomic mass is 9.86. The van der Waals surface area contributed by atoms with Crippen LogP contribution in [0.25, 0.3) is 10.9 Å². The van der Waals surface area contributed by atoms with Gasteiger partial charge in [0.1, 0.15) is 5.82 Å². The summed E-state index contributed by atoms with van der Waals surface area (Å²) in [5.41, 5.74) is 2.45. The largest absolute Gasteiger partial charge is 0.329 e. The second-order valence-electron chi connectivity index (χ2n) is 8.63. The average molecular weight is 406 g/mol. The van der Waals surface area contributed by atoms with E-state index in [0.29, 0.717) is 35.4 Å². The second-order valence-corrected chi connectivity index (χ2v) is 8.63. The highest BCUT2D eigenvalue weighted by molar-refractivity contribution is 5.94. The standard InChI is InChI=1S/C25H31N3O2/c1-7-27(23(29)18-13-15-19(16-14-18)25(4,5)6)17(3)22-26-21-12-10-9-11-20(21)24(30)28(22)8-2/h9-17H,7-8H2,1-6H3. The molecule has 1 unspecified atom stereocenters. The van der Waals surface area contributed by atoms with Crippen molar-refractivity contribution >= 4 is 16.8 Å². The summed E-state index contributed by atoms with van der Waals surface area (Å²) in [6, 6.07) is 14.8. The Labute approximate surface area is 178 Å². The topological polar surface area (TPSA) is 55.2 Å². The zero-order valence-corrected chi connectivity index (χ0v) is 18.8. The van der Waals surface area contributed by atoms with E-state index in [2.05, 4.69) is 20.8 Å². The van der Waals surface area contributed by atoms with Gasteiger partial charge >= 0.3 is 0 Å². The van der Waals surface area contributed by atoms with Crippen LogP contribution < -0.4 is 5.56 Å². The molecular weight excluding hydrogens is 374 g/mol. The molecule has 1 amide bonds. The number of rotatable bonds is 5. The Bertz CT molecular complexity index is 1110. The normalized spacial score (nSPS) is 12.7. The van der Waals surface area contributed by atoms with Crippen LogP contribution >= 0.6 is 0 Å². The number of nitrogens with zero attached hydrogens (tertiary/aromatic N) is 3. The van der Waals surface area contributed by atoms with Gasteiger partial charge in [-0.1, -0.05) is 45.0 Å². The van der Waals surface area contributed by atoms with Crippen molar-refractivity contribution in [2.24, 2.45) is 0 Å². The molecule has 0 aliphatic heterocycles. The Morgan fingerprint density at radius 2 is 1.70 bits per heavy atom. The lowest BCUT2D eigenvalue weighted by Gasteiger charge is -2.29. The highest BCUT2D eigenvalue weighted by atomic mass is 16.2. The molecule has 0 radical (unpaired) electrons. The van der Waals surface area contributed by atoms with Crippen LogP contribution in [-0.2, 0) is 12.0 Å².